The largest absolute Gasteiger partial charge is 0.348 e. The maximum atomic E-state index is 14.5. The van der Waals surface area contributed by atoms with E-state index in [9.17, 15) is 14.0 Å². The zero-order chi connectivity index (χ0) is 31.7. The Labute approximate surface area is 259 Å². The standard InChI is InChI=1S/C34H44FN7O2/c1-32(2,3)17-16-27(22-10-12-23(13-11-22)30(43)36-21-28-38-40-41-39-28)42-31(44)29(24-8-7-9-26(35)20-24)37-34(42)18-14-25(15-19-34)33(4,5)6/h7-13,20,25,27H,14-19,21H2,1-6H3,(H2,36,38,39,40,41,43)/p-1/t25?,27-,34?/m1/s1. The summed E-state index contributed by atoms with van der Waals surface area (Å²) in [5.74, 6) is 0.0403. The summed E-state index contributed by atoms with van der Waals surface area (Å²) < 4.78 is 14.3. The molecule has 9 nitrogen and oxygen atoms in total. The fourth-order valence-corrected chi connectivity index (χ4v) is 6.53. The van der Waals surface area contributed by atoms with E-state index in [4.69, 9.17) is 4.99 Å². The summed E-state index contributed by atoms with van der Waals surface area (Å²) >= 11 is 0. The van der Waals surface area contributed by atoms with Crippen molar-refractivity contribution in [3.05, 3.63) is 76.9 Å². The smallest absolute Gasteiger partial charge is 0.275 e. The van der Waals surface area contributed by atoms with Gasteiger partial charge in [-0.15, -0.1) is 0 Å². The van der Waals surface area contributed by atoms with Gasteiger partial charge in [-0.3, -0.25) is 24.9 Å². The summed E-state index contributed by atoms with van der Waals surface area (Å²) in [6, 6.07) is 13.4. The second-order valence-corrected chi connectivity index (χ2v) is 14.5. The van der Waals surface area contributed by atoms with E-state index in [1.165, 1.54) is 12.1 Å². The van der Waals surface area contributed by atoms with Crippen molar-refractivity contribution in [2.45, 2.75) is 98.3 Å². The number of benzene rings is 2. The summed E-state index contributed by atoms with van der Waals surface area (Å²) in [6.07, 6.45) is 5.01. The zero-order valence-electron chi connectivity index (χ0n) is 26.6. The third-order valence-electron chi connectivity index (χ3n) is 9.10. The van der Waals surface area contributed by atoms with Crippen LogP contribution < -0.4 is 10.4 Å². The molecule has 2 aromatic carbocycles. The van der Waals surface area contributed by atoms with E-state index in [-0.39, 0.29) is 35.2 Å². The first-order chi connectivity index (χ1) is 20.8. The van der Waals surface area contributed by atoms with Crippen LogP contribution in [-0.4, -0.2) is 43.6 Å². The van der Waals surface area contributed by atoms with E-state index in [0.717, 1.165) is 44.1 Å². The molecular formula is C34H43FN7O2-. The van der Waals surface area contributed by atoms with Crippen LogP contribution in [0.4, 0.5) is 4.39 Å². The molecule has 0 unspecified atom stereocenters. The maximum absolute atomic E-state index is 14.5. The van der Waals surface area contributed by atoms with Crippen molar-refractivity contribution in [2.75, 3.05) is 0 Å². The first-order valence-corrected chi connectivity index (χ1v) is 15.5. The number of carbonyl (C=O) groups excluding carboxylic acids is 2. The van der Waals surface area contributed by atoms with Gasteiger partial charge in [-0.1, -0.05) is 65.8 Å². The molecule has 1 atom stereocenters. The Hall–Kier alpha value is -3.95. The Balaban J connectivity index is 1.49. The third kappa shape index (κ3) is 6.89. The number of hydrogen-bond donors (Lipinski definition) is 1. The van der Waals surface area contributed by atoms with E-state index in [2.05, 4.69) is 67.5 Å². The lowest BCUT2D eigenvalue weighted by molar-refractivity contribution is -0.134. The molecule has 2 heterocycles. The Morgan fingerprint density at radius 3 is 2.39 bits per heavy atom. The number of nitrogens with zero attached hydrogens (tertiary/aromatic N) is 6. The lowest BCUT2D eigenvalue weighted by Crippen LogP contribution is -2.51. The van der Waals surface area contributed by atoms with Gasteiger partial charge in [0.2, 0.25) is 0 Å². The van der Waals surface area contributed by atoms with Crippen LogP contribution in [0.15, 0.2) is 53.5 Å². The summed E-state index contributed by atoms with van der Waals surface area (Å²) in [4.78, 5) is 34.5. The van der Waals surface area contributed by atoms with Gasteiger partial charge >= 0.3 is 0 Å². The normalized spacial score (nSPS) is 21.4. The Morgan fingerprint density at radius 1 is 1.09 bits per heavy atom. The minimum atomic E-state index is -0.708. The van der Waals surface area contributed by atoms with E-state index in [1.54, 1.807) is 24.3 Å². The molecule has 1 aliphatic carbocycles. The van der Waals surface area contributed by atoms with Gasteiger partial charge in [0.15, 0.2) is 0 Å². The molecule has 3 aromatic rings. The van der Waals surface area contributed by atoms with Gasteiger partial charge in [0.05, 0.1) is 6.04 Å². The second kappa shape index (κ2) is 12.2. The molecule has 0 saturated heterocycles. The van der Waals surface area contributed by atoms with Crippen molar-refractivity contribution >= 4 is 17.5 Å². The predicted octanol–water partition coefficient (Wildman–Crippen LogP) is 6.03. The van der Waals surface area contributed by atoms with E-state index in [1.807, 2.05) is 17.0 Å². The van der Waals surface area contributed by atoms with Crippen LogP contribution in [0, 0.1) is 22.6 Å². The lowest BCUT2D eigenvalue weighted by atomic mass is 9.69. The molecule has 1 N–H and O–H groups in total. The van der Waals surface area contributed by atoms with Gasteiger partial charge in [0.1, 0.15) is 17.2 Å². The van der Waals surface area contributed by atoms with E-state index < -0.39 is 11.5 Å². The van der Waals surface area contributed by atoms with Gasteiger partial charge < -0.3 is 15.3 Å². The molecular weight excluding hydrogens is 557 g/mol. The van der Waals surface area contributed by atoms with Crippen LogP contribution in [-0.2, 0) is 11.3 Å². The van der Waals surface area contributed by atoms with E-state index in [0.29, 0.717) is 28.6 Å². The molecule has 2 aliphatic rings. The number of rotatable bonds is 8. The lowest BCUT2D eigenvalue weighted by Gasteiger charge is -2.47. The number of aromatic nitrogens is 4. The fraction of sp³-hybridized carbons (Fsp3) is 0.529. The predicted molar refractivity (Wildman–Crippen MR) is 166 cm³/mol. The average Bonchev–Trinajstić information content (AvgIpc) is 3.58. The Kier molecular flexibility index (Phi) is 8.73. The van der Waals surface area contributed by atoms with Crippen molar-refractivity contribution in [2.24, 2.45) is 21.7 Å². The van der Waals surface area contributed by atoms with Crippen LogP contribution in [0.2, 0.25) is 0 Å². The number of halogens is 1. The zero-order valence-corrected chi connectivity index (χ0v) is 26.6. The number of aliphatic imine (C=N–C) groups is 1. The minimum Gasteiger partial charge on any atom is -0.348 e. The average molecular weight is 601 g/mol. The van der Waals surface area contributed by atoms with Crippen molar-refractivity contribution in [1.29, 1.82) is 0 Å². The molecule has 1 aliphatic heterocycles. The Morgan fingerprint density at radius 2 is 1.80 bits per heavy atom. The van der Waals surface area contributed by atoms with Gasteiger partial charge in [0.25, 0.3) is 11.8 Å². The topological polar surface area (TPSA) is 115 Å². The molecule has 1 fully saturated rings. The SMILES string of the molecule is CC(C)(C)CC[C@H](c1ccc(C(=O)NCc2nnn[n-]2)cc1)N1C(=O)C(c2cccc(F)c2)=NC12CCC(C(C)(C)C)CC2. The number of nitrogens with one attached hydrogen (secondary N) is 1. The molecule has 0 bridgehead atoms. The molecule has 1 spiro atoms. The van der Waals surface area contributed by atoms with Crippen LogP contribution >= 0.6 is 0 Å². The van der Waals surface area contributed by atoms with Crippen molar-refractivity contribution < 1.29 is 14.0 Å². The van der Waals surface area contributed by atoms with Crippen molar-refractivity contribution in [3.8, 4) is 0 Å². The molecule has 5 rings (SSSR count). The minimum absolute atomic E-state index is 0.0384. The quantitative estimate of drug-likeness (QED) is 0.338. The van der Waals surface area contributed by atoms with Crippen LogP contribution in [0.3, 0.4) is 0 Å². The van der Waals surface area contributed by atoms with Gasteiger partial charge in [0, 0.05) is 23.5 Å². The molecule has 2 amide bonds. The molecule has 10 heteroatoms. The summed E-state index contributed by atoms with van der Waals surface area (Å²) in [5, 5.41) is 17.2. The molecule has 1 saturated carbocycles. The highest BCUT2D eigenvalue weighted by molar-refractivity contribution is 6.46. The highest BCUT2D eigenvalue weighted by Gasteiger charge is 2.52. The van der Waals surface area contributed by atoms with E-state index >= 15 is 0 Å². The summed E-state index contributed by atoms with van der Waals surface area (Å²) in [7, 11) is 0. The van der Waals surface area contributed by atoms with Crippen LogP contribution in [0.1, 0.15) is 113 Å². The molecule has 234 valence electrons. The van der Waals surface area contributed by atoms with Crippen LogP contribution in [0.5, 0.6) is 0 Å². The van der Waals surface area contributed by atoms with Crippen LogP contribution in [0.25, 0.3) is 0 Å². The highest BCUT2D eigenvalue weighted by Crippen LogP contribution is 2.50. The first-order valence-electron chi connectivity index (χ1n) is 15.5. The second-order valence-electron chi connectivity index (χ2n) is 14.5. The van der Waals surface area contributed by atoms with Crippen molar-refractivity contribution in [3.63, 3.8) is 0 Å². The van der Waals surface area contributed by atoms with Gasteiger partial charge in [-0.05, 0) is 85.1 Å². The number of hydrogen-bond acceptors (Lipinski definition) is 6. The maximum Gasteiger partial charge on any atom is 0.275 e. The summed E-state index contributed by atoms with van der Waals surface area (Å²) in [5.41, 5.74) is 1.76. The monoisotopic (exact) mass is 600 g/mol. The molecule has 44 heavy (non-hydrogen) atoms. The summed E-state index contributed by atoms with van der Waals surface area (Å²) in [6.45, 7) is 13.6. The van der Waals surface area contributed by atoms with Gasteiger partial charge in [-0.2, -0.15) is 5.21 Å². The third-order valence-corrected chi connectivity index (χ3v) is 9.10. The highest BCUT2D eigenvalue weighted by atomic mass is 19.1. The molecule has 0 radical (unpaired) electrons. The fourth-order valence-electron chi connectivity index (χ4n) is 6.53. The van der Waals surface area contributed by atoms with Crippen molar-refractivity contribution in [1.82, 2.24) is 30.8 Å². The van der Waals surface area contributed by atoms with Gasteiger partial charge in [-0.25, -0.2) is 4.39 Å². The molecule has 1 aromatic heterocycles. The first kappa shape index (κ1) is 31.5. The number of tetrazole rings is 1. The number of carbonyl (C=O) groups is 2. The Bertz CT molecular complexity index is 1500. The number of amides is 2.